The number of hydrogen-bond acceptors (Lipinski definition) is 7. The highest BCUT2D eigenvalue weighted by atomic mass is 32.2. The average molecular weight is 325 g/mol. The maximum Gasteiger partial charge on any atom is 0.330 e. The van der Waals surface area contributed by atoms with E-state index in [1.54, 1.807) is 13.8 Å². The third-order valence-electron chi connectivity index (χ3n) is 3.56. The minimum absolute atomic E-state index is 0.375. The predicted octanol–water partition coefficient (Wildman–Crippen LogP) is 0.168. The van der Waals surface area contributed by atoms with E-state index in [9.17, 15) is 9.59 Å². The van der Waals surface area contributed by atoms with E-state index >= 15 is 0 Å². The maximum atomic E-state index is 12.0. The van der Waals surface area contributed by atoms with Crippen LogP contribution in [0.1, 0.15) is 20.1 Å². The largest absolute Gasteiger partial charge is 0.348 e. The summed E-state index contributed by atoms with van der Waals surface area (Å²) >= 11 is 1.06. The van der Waals surface area contributed by atoms with Gasteiger partial charge < -0.3 is 14.2 Å². The number of hydrogen-bond donors (Lipinski definition) is 1. The molecular formula is C13H15N3O5S. The monoisotopic (exact) mass is 325 g/mol. The molecule has 0 unspecified atom stereocenters. The number of nitrogens with one attached hydrogen (secondary N) is 1. The van der Waals surface area contributed by atoms with Crippen LogP contribution in [0.2, 0.25) is 0 Å². The number of thiocyanates is 1. The molecule has 22 heavy (non-hydrogen) atoms. The lowest BCUT2D eigenvalue weighted by Crippen LogP contribution is -2.37. The Bertz CT molecular complexity index is 721. The van der Waals surface area contributed by atoms with Crippen molar-refractivity contribution in [3.05, 3.63) is 33.1 Å². The van der Waals surface area contributed by atoms with Crippen LogP contribution in [0.4, 0.5) is 0 Å². The van der Waals surface area contributed by atoms with Crippen LogP contribution in [0.15, 0.2) is 21.9 Å². The van der Waals surface area contributed by atoms with E-state index in [0.29, 0.717) is 5.75 Å². The number of aromatic amines is 1. The molecule has 1 N–H and O–H groups in total. The van der Waals surface area contributed by atoms with Gasteiger partial charge in [-0.3, -0.25) is 14.3 Å². The van der Waals surface area contributed by atoms with Gasteiger partial charge in [-0.1, -0.05) is 0 Å². The van der Waals surface area contributed by atoms with Gasteiger partial charge in [0.05, 0.1) is 6.10 Å². The molecule has 3 rings (SSSR count). The van der Waals surface area contributed by atoms with Crippen molar-refractivity contribution < 1.29 is 14.2 Å². The number of thioether (sulfide) groups is 1. The molecule has 0 aliphatic carbocycles. The second-order valence-electron chi connectivity index (χ2n) is 5.55. The summed E-state index contributed by atoms with van der Waals surface area (Å²) in [6, 6.07) is 1.25. The molecule has 0 aromatic carbocycles. The number of H-pyrrole nitrogens is 1. The molecule has 2 fully saturated rings. The molecule has 2 aliphatic heterocycles. The molecule has 1 aromatic rings. The third kappa shape index (κ3) is 2.70. The van der Waals surface area contributed by atoms with Crippen LogP contribution in [-0.2, 0) is 14.2 Å². The lowest BCUT2D eigenvalue weighted by atomic mass is 10.1. The first-order valence-corrected chi connectivity index (χ1v) is 7.73. The van der Waals surface area contributed by atoms with Crippen LogP contribution < -0.4 is 11.2 Å². The topological polar surface area (TPSA) is 106 Å². The molecule has 8 nitrogen and oxygen atoms in total. The number of nitrogens with zero attached hydrogens (tertiary/aromatic N) is 2. The Hall–Kier alpha value is -1.60. The summed E-state index contributed by atoms with van der Waals surface area (Å²) < 4.78 is 18.8. The molecule has 9 heteroatoms. The van der Waals surface area contributed by atoms with Crippen molar-refractivity contribution in [3.8, 4) is 5.40 Å². The first-order chi connectivity index (χ1) is 10.4. The summed E-state index contributed by atoms with van der Waals surface area (Å²) in [6.45, 7) is 3.57. The normalized spacial score (nSPS) is 32.6. The van der Waals surface area contributed by atoms with Crippen molar-refractivity contribution in [2.75, 3.05) is 5.75 Å². The van der Waals surface area contributed by atoms with E-state index in [-0.39, 0.29) is 12.2 Å². The Balaban J connectivity index is 1.93. The van der Waals surface area contributed by atoms with Crippen LogP contribution in [0.25, 0.3) is 0 Å². The molecule has 4 atom stereocenters. The van der Waals surface area contributed by atoms with Gasteiger partial charge >= 0.3 is 5.69 Å². The summed E-state index contributed by atoms with van der Waals surface area (Å²) in [5.41, 5.74) is -1.05. The van der Waals surface area contributed by atoms with Crippen LogP contribution in [0, 0.1) is 10.7 Å². The zero-order chi connectivity index (χ0) is 15.9. The molecule has 2 aliphatic rings. The minimum Gasteiger partial charge on any atom is -0.348 e. The first kappa shape index (κ1) is 15.3. The van der Waals surface area contributed by atoms with E-state index in [0.717, 1.165) is 11.8 Å². The van der Waals surface area contributed by atoms with Gasteiger partial charge in [0.1, 0.15) is 17.6 Å². The standard InChI is InChI=1S/C13H15N3O5S/c1-13(2)20-9-7(5-22-6-14)19-11(10(9)21-13)16-4-3-8(17)15-12(16)18/h3-4,7,9-11H,5H2,1-2H3,(H,15,17,18)/t7-,9+,10-,11+/m0/s1. The molecule has 2 saturated heterocycles. The van der Waals surface area contributed by atoms with Gasteiger partial charge in [0.15, 0.2) is 12.0 Å². The van der Waals surface area contributed by atoms with Crippen molar-refractivity contribution in [1.82, 2.24) is 9.55 Å². The van der Waals surface area contributed by atoms with Gasteiger partial charge in [-0.15, -0.1) is 0 Å². The summed E-state index contributed by atoms with van der Waals surface area (Å²) in [4.78, 5) is 25.4. The van der Waals surface area contributed by atoms with Crippen molar-refractivity contribution in [1.29, 1.82) is 5.26 Å². The number of fused-ring (bicyclic) bond motifs is 1. The Labute approximate surface area is 130 Å². The van der Waals surface area contributed by atoms with Crippen molar-refractivity contribution in [2.24, 2.45) is 0 Å². The molecule has 0 amide bonds. The van der Waals surface area contributed by atoms with E-state index in [2.05, 4.69) is 4.98 Å². The van der Waals surface area contributed by atoms with Crippen molar-refractivity contribution >= 4 is 11.8 Å². The Morgan fingerprint density at radius 2 is 2.14 bits per heavy atom. The quantitative estimate of drug-likeness (QED) is 0.789. The molecule has 0 radical (unpaired) electrons. The van der Waals surface area contributed by atoms with Crippen LogP contribution in [0.5, 0.6) is 0 Å². The van der Waals surface area contributed by atoms with Gasteiger partial charge in [-0.2, -0.15) is 5.26 Å². The smallest absolute Gasteiger partial charge is 0.330 e. The fourth-order valence-corrected chi connectivity index (χ4v) is 3.27. The number of ether oxygens (including phenoxy) is 3. The summed E-state index contributed by atoms with van der Waals surface area (Å²) in [5.74, 6) is -0.384. The Morgan fingerprint density at radius 1 is 1.41 bits per heavy atom. The molecule has 0 bridgehead atoms. The van der Waals surface area contributed by atoms with E-state index in [1.807, 2.05) is 5.40 Å². The molecule has 0 spiro atoms. The third-order valence-corrected chi connectivity index (χ3v) is 4.19. The average Bonchev–Trinajstić information content (AvgIpc) is 2.91. The highest BCUT2D eigenvalue weighted by molar-refractivity contribution is 8.03. The van der Waals surface area contributed by atoms with Crippen LogP contribution >= 0.6 is 11.8 Å². The van der Waals surface area contributed by atoms with Gasteiger partial charge in [-0.25, -0.2) is 4.79 Å². The number of aromatic nitrogens is 2. The second-order valence-corrected chi connectivity index (χ2v) is 6.35. The first-order valence-electron chi connectivity index (χ1n) is 6.75. The highest BCUT2D eigenvalue weighted by Crippen LogP contribution is 2.43. The molecule has 0 saturated carbocycles. The zero-order valence-electron chi connectivity index (χ0n) is 12.0. The fraction of sp³-hybridized carbons (Fsp3) is 0.615. The van der Waals surface area contributed by atoms with E-state index < -0.39 is 29.4 Å². The van der Waals surface area contributed by atoms with E-state index in [4.69, 9.17) is 19.5 Å². The van der Waals surface area contributed by atoms with Gasteiger partial charge in [0.25, 0.3) is 5.56 Å². The summed E-state index contributed by atoms with van der Waals surface area (Å²) in [7, 11) is 0. The zero-order valence-corrected chi connectivity index (χ0v) is 12.8. The lowest BCUT2D eigenvalue weighted by Gasteiger charge is -2.24. The fourth-order valence-electron chi connectivity index (χ4n) is 2.76. The number of nitriles is 1. The SMILES string of the molecule is CC1(C)O[C@H]2[C@H](O1)[C@H](n1ccc(=O)[nH]c1=O)O[C@H]2CSC#N. The number of rotatable bonds is 3. The Morgan fingerprint density at radius 3 is 2.82 bits per heavy atom. The van der Waals surface area contributed by atoms with Gasteiger partial charge in [-0.05, 0) is 25.6 Å². The Kier molecular flexibility index (Phi) is 3.86. The lowest BCUT2D eigenvalue weighted by molar-refractivity contribution is -0.194. The summed E-state index contributed by atoms with van der Waals surface area (Å²) in [6.07, 6.45) is -0.569. The van der Waals surface area contributed by atoms with Crippen molar-refractivity contribution in [2.45, 2.75) is 44.2 Å². The van der Waals surface area contributed by atoms with Gasteiger partial charge in [0.2, 0.25) is 0 Å². The van der Waals surface area contributed by atoms with E-state index in [1.165, 1.54) is 16.8 Å². The second kappa shape index (κ2) is 5.55. The van der Waals surface area contributed by atoms with Crippen molar-refractivity contribution in [3.63, 3.8) is 0 Å². The predicted molar refractivity (Wildman–Crippen MR) is 77.1 cm³/mol. The summed E-state index contributed by atoms with van der Waals surface area (Å²) in [5, 5.41) is 10.7. The molecule has 118 valence electrons. The molecule has 3 heterocycles. The highest BCUT2D eigenvalue weighted by Gasteiger charge is 2.55. The van der Waals surface area contributed by atoms with Crippen LogP contribution in [0.3, 0.4) is 0 Å². The molecular weight excluding hydrogens is 310 g/mol. The maximum absolute atomic E-state index is 12.0. The van der Waals surface area contributed by atoms with Crippen LogP contribution in [-0.4, -0.2) is 39.4 Å². The molecule has 1 aromatic heterocycles. The minimum atomic E-state index is -0.793. The van der Waals surface area contributed by atoms with Gasteiger partial charge in [0, 0.05) is 18.0 Å².